The molecule has 0 bridgehead atoms. The maximum absolute atomic E-state index is 11.9. The number of hydrogen-bond acceptors (Lipinski definition) is 3. The number of benzene rings is 1. The second-order valence-electron chi connectivity index (χ2n) is 6.46. The molecule has 1 aromatic carbocycles. The number of hydrogen-bond donors (Lipinski definition) is 2. The molecule has 0 spiro atoms. The van der Waals surface area contributed by atoms with Crippen molar-refractivity contribution in [3.63, 3.8) is 0 Å². The van der Waals surface area contributed by atoms with Crippen molar-refractivity contribution >= 4 is 24.0 Å². The van der Waals surface area contributed by atoms with Gasteiger partial charge in [-0.2, -0.15) is 0 Å². The molecule has 0 unspecified atom stereocenters. The van der Waals surface area contributed by atoms with Crippen LogP contribution in [-0.2, 0) is 4.79 Å². The lowest BCUT2D eigenvalue weighted by molar-refractivity contribution is -0.117. The van der Waals surface area contributed by atoms with Crippen LogP contribution in [0.2, 0.25) is 0 Å². The average molecular weight is 315 g/mol. The third-order valence-electron chi connectivity index (χ3n) is 2.61. The van der Waals surface area contributed by atoms with E-state index in [1.54, 1.807) is 0 Å². The monoisotopic (exact) mass is 314 g/mol. The van der Waals surface area contributed by atoms with Crippen LogP contribution in [0.5, 0.6) is 5.75 Å². The zero-order valence-electron chi connectivity index (χ0n) is 13.5. The zero-order chi connectivity index (χ0) is 15.3. The van der Waals surface area contributed by atoms with Crippen LogP contribution in [0.25, 0.3) is 0 Å². The van der Waals surface area contributed by atoms with Gasteiger partial charge in [-0.05, 0) is 57.4 Å². The van der Waals surface area contributed by atoms with E-state index < -0.39 is 6.04 Å². The van der Waals surface area contributed by atoms with E-state index in [0.717, 1.165) is 11.4 Å². The van der Waals surface area contributed by atoms with E-state index in [4.69, 9.17) is 10.5 Å². The summed E-state index contributed by atoms with van der Waals surface area (Å²) in [5, 5.41) is 2.82. The summed E-state index contributed by atoms with van der Waals surface area (Å²) >= 11 is 0. The van der Waals surface area contributed by atoms with E-state index in [0.29, 0.717) is 12.3 Å². The molecule has 5 heteroatoms. The highest BCUT2D eigenvalue weighted by Crippen LogP contribution is 2.20. The topological polar surface area (TPSA) is 64.4 Å². The second-order valence-corrected chi connectivity index (χ2v) is 6.46. The van der Waals surface area contributed by atoms with Gasteiger partial charge in [0.2, 0.25) is 5.91 Å². The molecule has 0 saturated heterocycles. The summed E-state index contributed by atoms with van der Waals surface area (Å²) in [6.07, 6.45) is 0.678. The van der Waals surface area contributed by atoms with Gasteiger partial charge in [-0.15, -0.1) is 12.4 Å². The Bertz CT molecular complexity index is 439. The smallest absolute Gasteiger partial charge is 0.241 e. The summed E-state index contributed by atoms with van der Waals surface area (Å²) in [6, 6.07) is 6.85. The molecule has 1 rings (SSSR count). The predicted octanol–water partition coefficient (Wildman–Crippen LogP) is 3.60. The van der Waals surface area contributed by atoms with Crippen molar-refractivity contribution in [2.45, 2.75) is 52.7 Å². The third-order valence-corrected chi connectivity index (χ3v) is 2.61. The van der Waals surface area contributed by atoms with E-state index in [9.17, 15) is 4.79 Å². The number of carbonyl (C=O) groups is 1. The minimum absolute atomic E-state index is 0. The molecule has 0 aliphatic carbocycles. The molecule has 0 saturated carbocycles. The second kappa shape index (κ2) is 8.25. The number of nitrogens with two attached hydrogens (primary N) is 1. The summed E-state index contributed by atoms with van der Waals surface area (Å²) in [5.41, 5.74) is 6.34. The molecule has 4 nitrogen and oxygen atoms in total. The number of carbonyl (C=O) groups excluding carboxylic acids is 1. The van der Waals surface area contributed by atoms with Gasteiger partial charge in [-0.1, -0.05) is 13.8 Å². The van der Waals surface area contributed by atoms with Gasteiger partial charge in [0.25, 0.3) is 0 Å². The van der Waals surface area contributed by atoms with Gasteiger partial charge in [-0.3, -0.25) is 4.79 Å². The number of halogens is 1. The van der Waals surface area contributed by atoms with E-state index in [1.165, 1.54) is 0 Å². The lowest BCUT2D eigenvalue weighted by Crippen LogP contribution is -2.36. The highest BCUT2D eigenvalue weighted by molar-refractivity contribution is 5.94. The van der Waals surface area contributed by atoms with Gasteiger partial charge in [0.15, 0.2) is 0 Å². The molecule has 21 heavy (non-hydrogen) atoms. The van der Waals surface area contributed by atoms with Crippen molar-refractivity contribution in [1.29, 1.82) is 0 Å². The van der Waals surface area contributed by atoms with Gasteiger partial charge in [0, 0.05) is 5.69 Å². The quantitative estimate of drug-likeness (QED) is 0.872. The van der Waals surface area contributed by atoms with E-state index in [2.05, 4.69) is 5.32 Å². The van der Waals surface area contributed by atoms with Crippen LogP contribution >= 0.6 is 12.4 Å². The Balaban J connectivity index is 0.00000400. The summed E-state index contributed by atoms with van der Waals surface area (Å²) in [7, 11) is 0. The molecule has 0 aliphatic heterocycles. The highest BCUT2D eigenvalue weighted by atomic mass is 35.5. The van der Waals surface area contributed by atoms with Gasteiger partial charge in [0.05, 0.1) is 6.04 Å². The molecule has 0 fully saturated rings. The Morgan fingerprint density at radius 2 is 1.76 bits per heavy atom. The highest BCUT2D eigenvalue weighted by Gasteiger charge is 2.15. The SMILES string of the molecule is CC(C)C[C@H](N)C(=O)Nc1ccc(OC(C)(C)C)cc1.Cl. The first-order valence-electron chi connectivity index (χ1n) is 7.03. The van der Waals surface area contributed by atoms with Crippen molar-refractivity contribution < 1.29 is 9.53 Å². The van der Waals surface area contributed by atoms with Crippen molar-refractivity contribution in [3.05, 3.63) is 24.3 Å². The molecule has 1 atom stereocenters. The van der Waals surface area contributed by atoms with Crippen molar-refractivity contribution in [2.75, 3.05) is 5.32 Å². The summed E-state index contributed by atoms with van der Waals surface area (Å²) < 4.78 is 5.72. The van der Waals surface area contributed by atoms with Crippen LogP contribution in [0.3, 0.4) is 0 Å². The Kier molecular flexibility index (Phi) is 7.75. The minimum atomic E-state index is -0.472. The summed E-state index contributed by atoms with van der Waals surface area (Å²) in [4.78, 5) is 11.9. The average Bonchev–Trinajstić information content (AvgIpc) is 2.28. The lowest BCUT2D eigenvalue weighted by Gasteiger charge is -2.21. The van der Waals surface area contributed by atoms with Gasteiger partial charge >= 0.3 is 0 Å². The number of nitrogens with one attached hydrogen (secondary N) is 1. The standard InChI is InChI=1S/C16H26N2O2.ClH/c1-11(2)10-14(17)15(19)18-12-6-8-13(9-7-12)20-16(3,4)5;/h6-9,11,14H,10,17H2,1-5H3,(H,18,19);1H/t14-;/m0./s1. The molecule has 0 heterocycles. The molecule has 1 amide bonds. The Morgan fingerprint density at radius 3 is 2.19 bits per heavy atom. The maximum Gasteiger partial charge on any atom is 0.241 e. The molecule has 3 N–H and O–H groups in total. The van der Waals surface area contributed by atoms with Crippen LogP contribution in [0.15, 0.2) is 24.3 Å². The fourth-order valence-electron chi connectivity index (χ4n) is 1.81. The lowest BCUT2D eigenvalue weighted by atomic mass is 10.0. The Morgan fingerprint density at radius 1 is 1.24 bits per heavy atom. The van der Waals surface area contributed by atoms with E-state index in [1.807, 2.05) is 58.9 Å². The van der Waals surface area contributed by atoms with Gasteiger partial charge < -0.3 is 15.8 Å². The summed E-state index contributed by atoms with van der Waals surface area (Å²) in [5.74, 6) is 1.03. The largest absolute Gasteiger partial charge is 0.488 e. The number of rotatable bonds is 5. The Hall–Kier alpha value is -1.26. The normalized spacial score (nSPS) is 12.5. The minimum Gasteiger partial charge on any atom is -0.488 e. The molecule has 0 aliphatic rings. The van der Waals surface area contributed by atoms with Crippen LogP contribution in [0.1, 0.15) is 41.0 Å². The van der Waals surface area contributed by atoms with Crippen molar-refractivity contribution in [2.24, 2.45) is 11.7 Å². The van der Waals surface area contributed by atoms with Crippen LogP contribution in [-0.4, -0.2) is 17.6 Å². The molecule has 1 aromatic rings. The molecule has 0 radical (unpaired) electrons. The van der Waals surface area contributed by atoms with E-state index in [-0.39, 0.29) is 23.9 Å². The van der Waals surface area contributed by atoms with E-state index >= 15 is 0 Å². The molecular weight excluding hydrogens is 288 g/mol. The van der Waals surface area contributed by atoms with Crippen molar-refractivity contribution in [3.8, 4) is 5.75 Å². The molecule has 0 aromatic heterocycles. The third kappa shape index (κ3) is 7.93. The fourth-order valence-corrected chi connectivity index (χ4v) is 1.81. The number of ether oxygens (including phenoxy) is 1. The van der Waals surface area contributed by atoms with Crippen molar-refractivity contribution in [1.82, 2.24) is 0 Å². The zero-order valence-corrected chi connectivity index (χ0v) is 14.3. The van der Waals surface area contributed by atoms with Crippen LogP contribution in [0, 0.1) is 5.92 Å². The first-order valence-corrected chi connectivity index (χ1v) is 7.03. The molecule has 120 valence electrons. The predicted molar refractivity (Wildman–Crippen MR) is 90.1 cm³/mol. The van der Waals surface area contributed by atoms with Gasteiger partial charge in [-0.25, -0.2) is 0 Å². The number of amides is 1. The van der Waals surface area contributed by atoms with Crippen LogP contribution in [0.4, 0.5) is 5.69 Å². The first-order chi connectivity index (χ1) is 9.17. The van der Waals surface area contributed by atoms with Crippen LogP contribution < -0.4 is 15.8 Å². The number of anilines is 1. The molecular formula is C16H27ClN2O2. The Labute approximate surface area is 133 Å². The fraction of sp³-hybridized carbons (Fsp3) is 0.562. The first kappa shape index (κ1) is 19.7. The van der Waals surface area contributed by atoms with Gasteiger partial charge in [0.1, 0.15) is 11.4 Å². The maximum atomic E-state index is 11.9. The summed E-state index contributed by atoms with van der Waals surface area (Å²) in [6.45, 7) is 10.1.